The highest BCUT2D eigenvalue weighted by atomic mass is 32.2. The van der Waals surface area contributed by atoms with Crippen LogP contribution in [-0.2, 0) is 4.79 Å². The van der Waals surface area contributed by atoms with Crippen molar-refractivity contribution in [2.75, 3.05) is 11.6 Å². The number of carbonyl (C=O) groups excluding carboxylic acids is 1. The molecule has 5 heteroatoms. The zero-order chi connectivity index (χ0) is 11.3. The number of hydrogen-bond acceptors (Lipinski definition) is 4. The summed E-state index contributed by atoms with van der Waals surface area (Å²) in [5.41, 5.74) is 0.845. The second-order valence-electron chi connectivity index (χ2n) is 3.14. The van der Waals surface area contributed by atoms with Gasteiger partial charge in [0.2, 0.25) is 11.9 Å². The molecular weight excluding hydrogens is 210 g/mol. The number of anilines is 1. The van der Waals surface area contributed by atoms with Gasteiger partial charge in [-0.15, -0.1) is 0 Å². The monoisotopic (exact) mass is 225 g/mol. The fraction of sp³-hybridized carbons (Fsp3) is 0.500. The van der Waals surface area contributed by atoms with Crippen LogP contribution in [0.15, 0.2) is 12.3 Å². The normalized spacial score (nSPS) is 12.2. The fourth-order valence-electron chi connectivity index (χ4n) is 1.16. The lowest BCUT2D eigenvalue weighted by molar-refractivity contribution is -0.115. The van der Waals surface area contributed by atoms with Crippen molar-refractivity contribution in [3.05, 3.63) is 18.0 Å². The van der Waals surface area contributed by atoms with Crippen LogP contribution < -0.4 is 5.32 Å². The molecule has 82 valence electrons. The zero-order valence-electron chi connectivity index (χ0n) is 9.15. The van der Waals surface area contributed by atoms with Crippen molar-refractivity contribution in [3.8, 4) is 0 Å². The summed E-state index contributed by atoms with van der Waals surface area (Å²) >= 11 is 1.53. The minimum Gasteiger partial charge on any atom is -0.294 e. The van der Waals surface area contributed by atoms with Gasteiger partial charge >= 0.3 is 0 Å². The van der Waals surface area contributed by atoms with Crippen LogP contribution in [0, 0.1) is 6.92 Å². The third-order valence-electron chi connectivity index (χ3n) is 1.98. The Morgan fingerprint density at radius 3 is 2.93 bits per heavy atom. The molecule has 0 spiro atoms. The summed E-state index contributed by atoms with van der Waals surface area (Å²) in [5.74, 6) is 0.350. The van der Waals surface area contributed by atoms with Gasteiger partial charge in [-0.2, -0.15) is 11.8 Å². The van der Waals surface area contributed by atoms with E-state index < -0.39 is 0 Å². The summed E-state index contributed by atoms with van der Waals surface area (Å²) in [5, 5.41) is 2.67. The number of carbonyl (C=O) groups is 1. The van der Waals surface area contributed by atoms with Gasteiger partial charge in [0.15, 0.2) is 0 Å². The Balaban J connectivity index is 2.65. The molecule has 0 fully saturated rings. The first-order valence-corrected chi connectivity index (χ1v) is 6.09. The molecule has 0 bridgehead atoms. The lowest BCUT2D eigenvalue weighted by atomic mass is 10.3. The van der Waals surface area contributed by atoms with E-state index >= 15 is 0 Å². The highest BCUT2D eigenvalue weighted by Crippen LogP contribution is 2.12. The topological polar surface area (TPSA) is 54.9 Å². The van der Waals surface area contributed by atoms with Crippen LogP contribution in [0.1, 0.15) is 19.0 Å². The molecule has 15 heavy (non-hydrogen) atoms. The zero-order valence-corrected chi connectivity index (χ0v) is 9.97. The van der Waals surface area contributed by atoms with E-state index in [-0.39, 0.29) is 11.2 Å². The van der Waals surface area contributed by atoms with Gasteiger partial charge in [-0.1, -0.05) is 6.92 Å². The summed E-state index contributed by atoms with van der Waals surface area (Å²) in [6, 6.07) is 1.79. The number of amides is 1. The van der Waals surface area contributed by atoms with E-state index in [1.54, 1.807) is 12.3 Å². The van der Waals surface area contributed by atoms with E-state index in [1.165, 1.54) is 11.8 Å². The molecule has 0 aromatic carbocycles. The van der Waals surface area contributed by atoms with Gasteiger partial charge in [-0.05, 0) is 25.7 Å². The molecule has 0 saturated heterocycles. The molecule has 0 aliphatic carbocycles. The summed E-state index contributed by atoms with van der Waals surface area (Å²) < 4.78 is 0. The molecule has 0 saturated carbocycles. The van der Waals surface area contributed by atoms with Crippen molar-refractivity contribution < 1.29 is 4.79 Å². The van der Waals surface area contributed by atoms with Gasteiger partial charge < -0.3 is 0 Å². The Labute approximate surface area is 93.9 Å². The molecule has 0 unspecified atom stereocenters. The van der Waals surface area contributed by atoms with E-state index in [1.807, 2.05) is 20.1 Å². The molecule has 1 heterocycles. The maximum absolute atomic E-state index is 11.7. The molecule has 0 aliphatic rings. The van der Waals surface area contributed by atoms with E-state index in [2.05, 4.69) is 15.3 Å². The second kappa shape index (κ2) is 5.70. The second-order valence-corrected chi connectivity index (χ2v) is 4.18. The Hall–Kier alpha value is -1.10. The number of nitrogens with one attached hydrogen (secondary N) is 1. The van der Waals surface area contributed by atoms with Gasteiger partial charge in [-0.3, -0.25) is 10.1 Å². The largest absolute Gasteiger partial charge is 0.294 e. The predicted octanol–water partition coefficient (Wildman–Crippen LogP) is 1.87. The van der Waals surface area contributed by atoms with E-state index in [4.69, 9.17) is 0 Å². The molecule has 1 rings (SSSR count). The summed E-state index contributed by atoms with van der Waals surface area (Å²) in [6.07, 6.45) is 4.36. The minimum absolute atomic E-state index is 0.0319. The van der Waals surface area contributed by atoms with Crippen molar-refractivity contribution in [1.29, 1.82) is 0 Å². The van der Waals surface area contributed by atoms with E-state index in [9.17, 15) is 4.79 Å². The van der Waals surface area contributed by atoms with Crippen molar-refractivity contribution in [1.82, 2.24) is 9.97 Å². The van der Waals surface area contributed by atoms with Gasteiger partial charge in [0.1, 0.15) is 0 Å². The Kier molecular flexibility index (Phi) is 4.55. The highest BCUT2D eigenvalue weighted by Gasteiger charge is 2.15. The number of aryl methyl sites for hydroxylation is 1. The molecule has 1 N–H and O–H groups in total. The summed E-state index contributed by atoms with van der Waals surface area (Å²) in [7, 11) is 0. The number of rotatable bonds is 4. The summed E-state index contributed by atoms with van der Waals surface area (Å²) in [4.78, 5) is 19.8. The van der Waals surface area contributed by atoms with Crippen molar-refractivity contribution in [2.24, 2.45) is 0 Å². The number of nitrogens with zero attached hydrogens (tertiary/aromatic N) is 2. The summed E-state index contributed by atoms with van der Waals surface area (Å²) in [6.45, 7) is 3.85. The van der Waals surface area contributed by atoms with Crippen molar-refractivity contribution in [3.63, 3.8) is 0 Å². The molecule has 1 amide bonds. The predicted molar refractivity (Wildman–Crippen MR) is 63.0 cm³/mol. The maximum atomic E-state index is 11.7. The van der Waals surface area contributed by atoms with Crippen LogP contribution in [0.25, 0.3) is 0 Å². The van der Waals surface area contributed by atoms with Crippen LogP contribution >= 0.6 is 11.8 Å². The first-order valence-electron chi connectivity index (χ1n) is 4.80. The lowest BCUT2D eigenvalue weighted by Crippen LogP contribution is -2.25. The van der Waals surface area contributed by atoms with Crippen LogP contribution in [0.3, 0.4) is 0 Å². The third-order valence-corrected chi connectivity index (χ3v) is 3.09. The molecule has 1 aromatic rings. The van der Waals surface area contributed by atoms with Crippen molar-refractivity contribution >= 4 is 23.6 Å². The molecule has 0 aliphatic heterocycles. The quantitative estimate of drug-likeness (QED) is 0.850. The SMILES string of the molecule is CC[C@H](SC)C(=O)Nc1nccc(C)n1. The Morgan fingerprint density at radius 2 is 2.40 bits per heavy atom. The van der Waals surface area contributed by atoms with Gasteiger partial charge in [0.25, 0.3) is 0 Å². The van der Waals surface area contributed by atoms with Crippen LogP contribution in [0.4, 0.5) is 5.95 Å². The third kappa shape index (κ3) is 3.51. The van der Waals surface area contributed by atoms with Gasteiger partial charge in [0.05, 0.1) is 5.25 Å². The molecule has 1 atom stereocenters. The van der Waals surface area contributed by atoms with Gasteiger partial charge in [-0.25, -0.2) is 9.97 Å². The average Bonchev–Trinajstić information content (AvgIpc) is 2.19. The molecule has 4 nitrogen and oxygen atoms in total. The number of hydrogen-bond donors (Lipinski definition) is 1. The number of aromatic nitrogens is 2. The average molecular weight is 225 g/mol. The molecule has 0 radical (unpaired) electrons. The van der Waals surface area contributed by atoms with Crippen LogP contribution in [0.2, 0.25) is 0 Å². The smallest absolute Gasteiger partial charge is 0.239 e. The standard InChI is InChI=1S/C10H15N3OS/c1-4-8(15-3)9(14)13-10-11-6-5-7(2)12-10/h5-6,8H,4H2,1-3H3,(H,11,12,13,14)/t8-/m0/s1. The Bertz CT molecular complexity index is 339. The van der Waals surface area contributed by atoms with Crippen molar-refractivity contribution in [2.45, 2.75) is 25.5 Å². The lowest BCUT2D eigenvalue weighted by Gasteiger charge is -2.11. The minimum atomic E-state index is -0.0332. The van der Waals surface area contributed by atoms with Crippen LogP contribution in [0.5, 0.6) is 0 Å². The Morgan fingerprint density at radius 1 is 1.67 bits per heavy atom. The van der Waals surface area contributed by atoms with Gasteiger partial charge in [0, 0.05) is 11.9 Å². The maximum Gasteiger partial charge on any atom is 0.239 e. The first kappa shape index (κ1) is 12.0. The fourth-order valence-corrected chi connectivity index (χ4v) is 1.77. The first-order chi connectivity index (χ1) is 7.17. The molecular formula is C10H15N3OS. The van der Waals surface area contributed by atoms with E-state index in [0.29, 0.717) is 5.95 Å². The highest BCUT2D eigenvalue weighted by molar-refractivity contribution is 7.99. The molecule has 1 aromatic heterocycles. The number of thioether (sulfide) groups is 1. The van der Waals surface area contributed by atoms with E-state index in [0.717, 1.165) is 12.1 Å². The van der Waals surface area contributed by atoms with Crippen LogP contribution in [-0.4, -0.2) is 27.4 Å².